The van der Waals surface area contributed by atoms with Crippen LogP contribution in [0.2, 0.25) is 0 Å². The SMILES string of the molecule is O=C(O)CCC[C@H](NC(=O)C=Cc1ccc(O)c(O)c1)c1ccc(O)c(O)c1. The Labute approximate surface area is 161 Å². The fraction of sp³-hybridized carbons (Fsp3) is 0.200. The molecule has 0 saturated carbocycles. The Morgan fingerprint density at radius 1 is 0.929 bits per heavy atom. The topological polar surface area (TPSA) is 147 Å². The van der Waals surface area contributed by atoms with Gasteiger partial charge in [0, 0.05) is 12.5 Å². The lowest BCUT2D eigenvalue weighted by Crippen LogP contribution is -2.27. The highest BCUT2D eigenvalue weighted by Gasteiger charge is 2.16. The molecule has 28 heavy (non-hydrogen) atoms. The molecule has 0 aliphatic rings. The van der Waals surface area contributed by atoms with Gasteiger partial charge < -0.3 is 30.8 Å². The van der Waals surface area contributed by atoms with Gasteiger partial charge >= 0.3 is 5.97 Å². The molecule has 0 heterocycles. The number of phenolic OH excluding ortho intramolecular Hbond substituents is 4. The van der Waals surface area contributed by atoms with Crippen LogP contribution in [0, 0.1) is 0 Å². The summed E-state index contributed by atoms with van der Waals surface area (Å²) in [6, 6.07) is 7.65. The Morgan fingerprint density at radius 3 is 2.18 bits per heavy atom. The molecule has 8 nitrogen and oxygen atoms in total. The van der Waals surface area contributed by atoms with E-state index in [1.807, 2.05) is 0 Å². The molecule has 0 aromatic heterocycles. The Kier molecular flexibility index (Phi) is 6.86. The van der Waals surface area contributed by atoms with Gasteiger partial charge in [0.25, 0.3) is 0 Å². The highest BCUT2D eigenvalue weighted by molar-refractivity contribution is 5.92. The van der Waals surface area contributed by atoms with E-state index < -0.39 is 17.9 Å². The Bertz CT molecular complexity index is 892. The first-order valence-corrected chi connectivity index (χ1v) is 8.50. The van der Waals surface area contributed by atoms with Crippen LogP contribution in [0.5, 0.6) is 23.0 Å². The predicted octanol–water partition coefficient (Wildman–Crippen LogP) is 2.63. The molecule has 6 N–H and O–H groups in total. The number of nitrogens with one attached hydrogen (secondary N) is 1. The van der Waals surface area contributed by atoms with E-state index in [1.165, 1.54) is 48.6 Å². The molecule has 1 atom stereocenters. The van der Waals surface area contributed by atoms with Crippen molar-refractivity contribution in [3.63, 3.8) is 0 Å². The van der Waals surface area contributed by atoms with Crippen LogP contribution in [-0.4, -0.2) is 37.4 Å². The number of aliphatic carboxylic acids is 1. The Morgan fingerprint density at radius 2 is 1.57 bits per heavy atom. The van der Waals surface area contributed by atoms with E-state index in [-0.39, 0.29) is 29.4 Å². The molecule has 0 spiro atoms. The van der Waals surface area contributed by atoms with Gasteiger partial charge in [-0.25, -0.2) is 0 Å². The van der Waals surface area contributed by atoms with Crippen LogP contribution < -0.4 is 5.32 Å². The van der Waals surface area contributed by atoms with Crippen molar-refractivity contribution >= 4 is 18.0 Å². The summed E-state index contributed by atoms with van der Waals surface area (Å²) in [5, 5.41) is 49.4. The number of benzene rings is 2. The quantitative estimate of drug-likeness (QED) is 0.301. The summed E-state index contributed by atoms with van der Waals surface area (Å²) >= 11 is 0. The number of carbonyl (C=O) groups excluding carboxylic acids is 1. The fourth-order valence-corrected chi connectivity index (χ4v) is 2.57. The molecule has 148 valence electrons. The molecule has 0 unspecified atom stereocenters. The summed E-state index contributed by atoms with van der Waals surface area (Å²) in [6.07, 6.45) is 3.22. The molecule has 0 aliphatic carbocycles. The Balaban J connectivity index is 2.11. The van der Waals surface area contributed by atoms with Crippen molar-refractivity contribution in [3.8, 4) is 23.0 Å². The first kappa shape index (κ1) is 20.6. The first-order chi connectivity index (χ1) is 13.3. The van der Waals surface area contributed by atoms with Crippen molar-refractivity contribution in [2.24, 2.45) is 0 Å². The van der Waals surface area contributed by atoms with Crippen LogP contribution in [0.4, 0.5) is 0 Å². The molecular formula is C20H21NO7. The molecule has 2 rings (SSSR count). The summed E-state index contributed by atoms with van der Waals surface area (Å²) in [5.74, 6) is -2.65. The van der Waals surface area contributed by atoms with Gasteiger partial charge in [0.1, 0.15) is 0 Å². The molecule has 0 saturated heterocycles. The average molecular weight is 387 g/mol. The highest BCUT2D eigenvalue weighted by Crippen LogP contribution is 2.30. The van der Waals surface area contributed by atoms with Crippen LogP contribution in [0.15, 0.2) is 42.5 Å². The van der Waals surface area contributed by atoms with Crippen molar-refractivity contribution in [2.45, 2.75) is 25.3 Å². The van der Waals surface area contributed by atoms with Gasteiger partial charge in [0.2, 0.25) is 5.91 Å². The number of carbonyl (C=O) groups is 2. The van der Waals surface area contributed by atoms with Crippen molar-refractivity contribution in [3.05, 3.63) is 53.6 Å². The number of hydrogen-bond acceptors (Lipinski definition) is 6. The molecule has 2 aromatic rings. The van der Waals surface area contributed by atoms with Gasteiger partial charge in [-0.2, -0.15) is 0 Å². The lowest BCUT2D eigenvalue weighted by Gasteiger charge is -2.18. The zero-order valence-corrected chi connectivity index (χ0v) is 14.9. The second-order valence-corrected chi connectivity index (χ2v) is 6.18. The number of carboxylic acid groups (broad SMARTS) is 1. The summed E-state index contributed by atoms with van der Waals surface area (Å²) in [5.41, 5.74) is 1.01. The van der Waals surface area contributed by atoms with Crippen LogP contribution in [-0.2, 0) is 9.59 Å². The van der Waals surface area contributed by atoms with E-state index in [0.29, 0.717) is 24.0 Å². The average Bonchev–Trinajstić information content (AvgIpc) is 2.64. The van der Waals surface area contributed by atoms with E-state index in [1.54, 1.807) is 0 Å². The van der Waals surface area contributed by atoms with E-state index in [4.69, 9.17) is 5.11 Å². The standard InChI is InChI=1S/C20H21NO7/c22-15-7-4-12(10-17(15)24)5-9-19(26)21-14(2-1-3-20(27)28)13-6-8-16(23)18(25)11-13/h4-11,14,22-25H,1-3H2,(H,21,26)(H,27,28)/t14-/m0/s1. The van der Waals surface area contributed by atoms with Crippen molar-refractivity contribution < 1.29 is 35.1 Å². The lowest BCUT2D eigenvalue weighted by atomic mass is 10.00. The van der Waals surface area contributed by atoms with Gasteiger partial charge in [-0.3, -0.25) is 9.59 Å². The number of carboxylic acids is 1. The number of amides is 1. The summed E-state index contributed by atoms with van der Waals surface area (Å²) in [4.78, 5) is 23.0. The van der Waals surface area contributed by atoms with Crippen LogP contribution >= 0.6 is 0 Å². The van der Waals surface area contributed by atoms with Crippen LogP contribution in [0.3, 0.4) is 0 Å². The molecule has 0 radical (unpaired) electrons. The monoisotopic (exact) mass is 387 g/mol. The predicted molar refractivity (Wildman–Crippen MR) is 101 cm³/mol. The second-order valence-electron chi connectivity index (χ2n) is 6.18. The van der Waals surface area contributed by atoms with Gasteiger partial charge in [0.15, 0.2) is 23.0 Å². The third-order valence-electron chi connectivity index (χ3n) is 4.03. The van der Waals surface area contributed by atoms with Crippen molar-refractivity contribution in [1.29, 1.82) is 0 Å². The maximum atomic E-state index is 12.3. The summed E-state index contributed by atoms with van der Waals surface area (Å²) < 4.78 is 0. The molecule has 0 fully saturated rings. The Hall–Kier alpha value is -3.68. The van der Waals surface area contributed by atoms with Gasteiger partial charge in [0.05, 0.1) is 6.04 Å². The van der Waals surface area contributed by atoms with Crippen LogP contribution in [0.25, 0.3) is 6.08 Å². The number of aromatic hydroxyl groups is 4. The largest absolute Gasteiger partial charge is 0.504 e. The minimum absolute atomic E-state index is 0.0704. The third-order valence-corrected chi connectivity index (χ3v) is 4.03. The maximum Gasteiger partial charge on any atom is 0.303 e. The number of phenols is 4. The minimum Gasteiger partial charge on any atom is -0.504 e. The first-order valence-electron chi connectivity index (χ1n) is 8.50. The summed E-state index contributed by atoms with van der Waals surface area (Å²) in [6.45, 7) is 0. The molecule has 2 aromatic carbocycles. The van der Waals surface area contributed by atoms with Crippen molar-refractivity contribution in [2.75, 3.05) is 0 Å². The molecule has 0 aliphatic heterocycles. The van der Waals surface area contributed by atoms with E-state index >= 15 is 0 Å². The second kappa shape index (κ2) is 9.31. The van der Waals surface area contributed by atoms with Gasteiger partial charge in [-0.05, 0) is 54.3 Å². The number of rotatable bonds is 8. The highest BCUT2D eigenvalue weighted by atomic mass is 16.4. The molecule has 0 bridgehead atoms. The van der Waals surface area contributed by atoms with E-state index in [2.05, 4.69) is 5.32 Å². The zero-order chi connectivity index (χ0) is 20.7. The molecule has 1 amide bonds. The van der Waals surface area contributed by atoms with E-state index in [9.17, 15) is 30.0 Å². The summed E-state index contributed by atoms with van der Waals surface area (Å²) in [7, 11) is 0. The third kappa shape index (κ3) is 5.94. The van der Waals surface area contributed by atoms with E-state index in [0.717, 1.165) is 0 Å². The van der Waals surface area contributed by atoms with Crippen molar-refractivity contribution in [1.82, 2.24) is 5.32 Å². The molecular weight excluding hydrogens is 366 g/mol. The molecule has 8 heteroatoms. The number of hydrogen-bond donors (Lipinski definition) is 6. The smallest absolute Gasteiger partial charge is 0.303 e. The van der Waals surface area contributed by atoms with Gasteiger partial charge in [-0.15, -0.1) is 0 Å². The minimum atomic E-state index is -0.953. The van der Waals surface area contributed by atoms with Gasteiger partial charge in [-0.1, -0.05) is 12.1 Å². The fourth-order valence-electron chi connectivity index (χ4n) is 2.57. The maximum absolute atomic E-state index is 12.3. The van der Waals surface area contributed by atoms with Crippen LogP contribution in [0.1, 0.15) is 36.4 Å². The normalized spacial score (nSPS) is 12.0. The lowest BCUT2D eigenvalue weighted by molar-refractivity contribution is -0.137. The zero-order valence-electron chi connectivity index (χ0n) is 14.9.